The summed E-state index contributed by atoms with van der Waals surface area (Å²) < 4.78 is 0. The molecule has 0 radical (unpaired) electrons. The van der Waals surface area contributed by atoms with E-state index in [0.717, 1.165) is 6.42 Å². The topological polar surface area (TPSA) is 26.0 Å². The van der Waals surface area contributed by atoms with E-state index in [0.29, 0.717) is 0 Å². The van der Waals surface area contributed by atoms with Crippen molar-refractivity contribution in [1.29, 1.82) is 0 Å². The Kier molecular flexibility index (Phi) is 4.37. The summed E-state index contributed by atoms with van der Waals surface area (Å²) in [7, 11) is 0. The Bertz CT molecular complexity index is 646. The molecule has 2 heteroatoms. The normalized spacial score (nSPS) is 15.0. The quantitative estimate of drug-likeness (QED) is 0.897. The first-order valence-electron chi connectivity index (χ1n) is 7.76. The van der Waals surface area contributed by atoms with Gasteiger partial charge in [-0.05, 0) is 74.4 Å². The number of rotatable bonds is 4. The van der Waals surface area contributed by atoms with Crippen molar-refractivity contribution in [3.05, 3.63) is 58.7 Å². The van der Waals surface area contributed by atoms with Crippen molar-refractivity contribution < 1.29 is 0 Å². The van der Waals surface area contributed by atoms with Crippen LogP contribution in [0.4, 0.5) is 0 Å². The van der Waals surface area contributed by atoms with Gasteiger partial charge in [0.05, 0.1) is 0 Å². The molecule has 110 valence electrons. The average molecular weight is 297 g/mol. The lowest BCUT2D eigenvalue weighted by Crippen LogP contribution is -2.18. The summed E-state index contributed by atoms with van der Waals surface area (Å²) >= 11 is 1.88. The summed E-state index contributed by atoms with van der Waals surface area (Å²) in [6.07, 6.45) is 4.74. The lowest BCUT2D eigenvalue weighted by Gasteiger charge is -2.13. The molecule has 1 aliphatic rings. The van der Waals surface area contributed by atoms with E-state index in [-0.39, 0.29) is 6.04 Å². The lowest BCUT2D eigenvalue weighted by atomic mass is 10.1. The van der Waals surface area contributed by atoms with Crippen LogP contribution in [0.3, 0.4) is 0 Å². The van der Waals surface area contributed by atoms with Gasteiger partial charge in [0, 0.05) is 15.8 Å². The summed E-state index contributed by atoms with van der Waals surface area (Å²) in [6.45, 7) is 4.22. The van der Waals surface area contributed by atoms with Gasteiger partial charge in [-0.15, -0.1) is 0 Å². The third-order valence-corrected chi connectivity index (χ3v) is 5.16. The highest BCUT2D eigenvalue weighted by molar-refractivity contribution is 7.99. The Morgan fingerprint density at radius 3 is 2.71 bits per heavy atom. The van der Waals surface area contributed by atoms with Gasteiger partial charge < -0.3 is 5.73 Å². The maximum Gasteiger partial charge on any atom is 0.0155 e. The fraction of sp³-hybridized carbons (Fsp3) is 0.368. The molecule has 0 spiro atoms. The largest absolute Gasteiger partial charge is 0.328 e. The molecule has 1 aliphatic carbocycles. The fourth-order valence-electron chi connectivity index (χ4n) is 3.05. The second-order valence-corrected chi connectivity index (χ2v) is 7.29. The van der Waals surface area contributed by atoms with E-state index in [1.165, 1.54) is 40.2 Å². The summed E-state index contributed by atoms with van der Waals surface area (Å²) in [5.74, 6) is 0. The first-order chi connectivity index (χ1) is 10.1. The third-order valence-electron chi connectivity index (χ3n) is 4.06. The second kappa shape index (κ2) is 6.25. The van der Waals surface area contributed by atoms with E-state index in [1.807, 2.05) is 11.8 Å². The van der Waals surface area contributed by atoms with Crippen LogP contribution in [0.5, 0.6) is 0 Å². The Morgan fingerprint density at radius 1 is 1.10 bits per heavy atom. The summed E-state index contributed by atoms with van der Waals surface area (Å²) in [5, 5.41) is 0. The zero-order valence-electron chi connectivity index (χ0n) is 12.9. The number of hydrogen-bond donors (Lipinski definition) is 1. The molecule has 0 aliphatic heterocycles. The maximum absolute atomic E-state index is 6.00. The van der Waals surface area contributed by atoms with Crippen LogP contribution in [0.1, 0.15) is 35.6 Å². The van der Waals surface area contributed by atoms with Crippen molar-refractivity contribution in [2.75, 3.05) is 0 Å². The number of fused-ring (bicyclic) bond motifs is 1. The molecular weight excluding hydrogens is 274 g/mol. The molecule has 0 saturated carbocycles. The van der Waals surface area contributed by atoms with E-state index in [4.69, 9.17) is 5.73 Å². The minimum Gasteiger partial charge on any atom is -0.328 e. The zero-order chi connectivity index (χ0) is 14.8. The molecule has 3 rings (SSSR count). The van der Waals surface area contributed by atoms with Crippen molar-refractivity contribution >= 4 is 11.8 Å². The van der Waals surface area contributed by atoms with E-state index in [2.05, 4.69) is 50.2 Å². The van der Waals surface area contributed by atoms with Gasteiger partial charge in [-0.2, -0.15) is 0 Å². The minimum atomic E-state index is 0.200. The molecular formula is C19H23NS. The molecule has 1 nitrogen and oxygen atoms in total. The van der Waals surface area contributed by atoms with Crippen LogP contribution in [-0.4, -0.2) is 6.04 Å². The monoisotopic (exact) mass is 297 g/mol. The molecule has 0 aromatic heterocycles. The molecule has 0 saturated heterocycles. The Labute approximate surface area is 132 Å². The van der Waals surface area contributed by atoms with Crippen molar-refractivity contribution in [3.63, 3.8) is 0 Å². The highest BCUT2D eigenvalue weighted by Gasteiger charge is 2.12. The van der Waals surface area contributed by atoms with Crippen LogP contribution in [0.25, 0.3) is 0 Å². The van der Waals surface area contributed by atoms with Crippen molar-refractivity contribution in [1.82, 2.24) is 0 Å². The van der Waals surface area contributed by atoms with Gasteiger partial charge in [0.25, 0.3) is 0 Å². The van der Waals surface area contributed by atoms with Gasteiger partial charge >= 0.3 is 0 Å². The Hall–Kier alpha value is -1.25. The van der Waals surface area contributed by atoms with Gasteiger partial charge in [0.2, 0.25) is 0 Å². The average Bonchev–Trinajstić information content (AvgIpc) is 2.88. The molecule has 1 atom stereocenters. The standard InChI is InChI=1S/C19H23NS/c1-13-6-9-19(17(10-13)11-14(2)20)21-18-8-7-15-4-3-5-16(15)12-18/h6-10,12,14H,3-5,11,20H2,1-2H3. The zero-order valence-corrected chi connectivity index (χ0v) is 13.7. The van der Waals surface area contributed by atoms with Crippen molar-refractivity contribution in [2.24, 2.45) is 5.73 Å². The van der Waals surface area contributed by atoms with Gasteiger partial charge in [-0.1, -0.05) is 35.5 Å². The van der Waals surface area contributed by atoms with Crippen molar-refractivity contribution in [2.45, 2.75) is 55.4 Å². The van der Waals surface area contributed by atoms with Crippen LogP contribution >= 0.6 is 11.8 Å². The lowest BCUT2D eigenvalue weighted by molar-refractivity contribution is 0.729. The number of nitrogens with two attached hydrogens (primary N) is 1. The summed E-state index contributed by atoms with van der Waals surface area (Å²) in [4.78, 5) is 2.70. The molecule has 0 amide bonds. The number of hydrogen-bond acceptors (Lipinski definition) is 2. The van der Waals surface area contributed by atoms with Gasteiger partial charge in [0.15, 0.2) is 0 Å². The number of aryl methyl sites for hydroxylation is 3. The molecule has 0 heterocycles. The van der Waals surface area contributed by atoms with Crippen LogP contribution in [0.2, 0.25) is 0 Å². The first kappa shape index (κ1) is 14.7. The van der Waals surface area contributed by atoms with Gasteiger partial charge in [0.1, 0.15) is 0 Å². The Morgan fingerprint density at radius 2 is 1.90 bits per heavy atom. The fourth-order valence-corrected chi connectivity index (χ4v) is 4.05. The molecule has 0 bridgehead atoms. The first-order valence-corrected chi connectivity index (χ1v) is 8.58. The molecule has 2 aromatic carbocycles. The minimum absolute atomic E-state index is 0.200. The molecule has 2 aromatic rings. The van der Waals surface area contributed by atoms with E-state index >= 15 is 0 Å². The van der Waals surface area contributed by atoms with Gasteiger partial charge in [-0.3, -0.25) is 0 Å². The summed E-state index contributed by atoms with van der Waals surface area (Å²) in [6, 6.07) is 13.9. The highest BCUT2D eigenvalue weighted by Crippen LogP contribution is 2.34. The van der Waals surface area contributed by atoms with Crippen LogP contribution in [-0.2, 0) is 19.3 Å². The van der Waals surface area contributed by atoms with E-state index < -0.39 is 0 Å². The van der Waals surface area contributed by atoms with Crippen LogP contribution in [0.15, 0.2) is 46.2 Å². The molecule has 1 unspecified atom stereocenters. The van der Waals surface area contributed by atoms with Crippen molar-refractivity contribution in [3.8, 4) is 0 Å². The molecule has 2 N–H and O–H groups in total. The predicted molar refractivity (Wildman–Crippen MR) is 91.1 cm³/mol. The smallest absolute Gasteiger partial charge is 0.0155 e. The summed E-state index contributed by atoms with van der Waals surface area (Å²) in [5.41, 5.74) is 11.8. The van der Waals surface area contributed by atoms with E-state index in [1.54, 1.807) is 11.1 Å². The SMILES string of the molecule is Cc1ccc(Sc2ccc3c(c2)CCC3)c(CC(C)N)c1. The number of benzene rings is 2. The van der Waals surface area contributed by atoms with Crippen LogP contribution < -0.4 is 5.73 Å². The third kappa shape index (κ3) is 3.50. The maximum atomic E-state index is 6.00. The van der Waals surface area contributed by atoms with Crippen LogP contribution in [0, 0.1) is 6.92 Å². The predicted octanol–water partition coefficient (Wildman–Crippen LogP) is 4.52. The highest BCUT2D eigenvalue weighted by atomic mass is 32.2. The second-order valence-electron chi connectivity index (χ2n) is 6.18. The molecule has 0 fully saturated rings. The Balaban J connectivity index is 1.87. The molecule has 21 heavy (non-hydrogen) atoms. The van der Waals surface area contributed by atoms with E-state index in [9.17, 15) is 0 Å². The van der Waals surface area contributed by atoms with Gasteiger partial charge in [-0.25, -0.2) is 0 Å².